The summed E-state index contributed by atoms with van der Waals surface area (Å²) in [6.07, 6.45) is 4.27. The lowest BCUT2D eigenvalue weighted by atomic mass is 10.1. The highest BCUT2D eigenvalue weighted by molar-refractivity contribution is 5.83. The molecular weight excluding hydrogens is 298 g/mol. The molecule has 1 amide bonds. The van der Waals surface area contributed by atoms with Gasteiger partial charge in [0.15, 0.2) is 0 Å². The fourth-order valence-corrected chi connectivity index (χ4v) is 2.89. The lowest BCUT2D eigenvalue weighted by Gasteiger charge is -2.12. The molecule has 0 radical (unpaired) electrons. The summed E-state index contributed by atoms with van der Waals surface area (Å²) in [5.74, 6) is -0.0780. The minimum atomic E-state index is -0.465. The van der Waals surface area contributed by atoms with Crippen LogP contribution in [-0.4, -0.2) is 23.5 Å². The molecule has 124 valence electrons. The third-order valence-corrected chi connectivity index (χ3v) is 4.29. The van der Waals surface area contributed by atoms with E-state index in [-0.39, 0.29) is 5.91 Å². The Kier molecular flexibility index (Phi) is 5.29. The van der Waals surface area contributed by atoms with Crippen LogP contribution in [0.15, 0.2) is 60.8 Å². The first-order valence-corrected chi connectivity index (χ1v) is 8.36. The molecule has 4 nitrogen and oxygen atoms in total. The Morgan fingerprint density at radius 1 is 1.04 bits per heavy atom. The monoisotopic (exact) mass is 321 g/mol. The molecule has 1 unspecified atom stereocenters. The first kappa shape index (κ1) is 16.3. The molecule has 3 rings (SSSR count). The van der Waals surface area contributed by atoms with Gasteiger partial charge in [-0.15, -0.1) is 0 Å². The number of carbonyl (C=O) groups excluding carboxylic acids is 1. The quantitative estimate of drug-likeness (QED) is 0.626. The molecule has 0 fully saturated rings. The second-order valence-corrected chi connectivity index (χ2v) is 6.03. The maximum absolute atomic E-state index is 12.1. The molecule has 24 heavy (non-hydrogen) atoms. The number of aryl methyl sites for hydroxylation is 1. The SMILES string of the molecule is NC(CCc1ccccc1)C(=O)NCCc1c[nH]c2ccccc12. The van der Waals surface area contributed by atoms with E-state index >= 15 is 0 Å². The third-order valence-electron chi connectivity index (χ3n) is 4.29. The topological polar surface area (TPSA) is 70.9 Å². The molecule has 0 aliphatic carbocycles. The fraction of sp³-hybridized carbons (Fsp3) is 0.250. The van der Waals surface area contributed by atoms with Crippen LogP contribution in [0, 0.1) is 0 Å². The van der Waals surface area contributed by atoms with Crippen molar-refractivity contribution in [3.63, 3.8) is 0 Å². The van der Waals surface area contributed by atoms with Crippen molar-refractivity contribution in [1.82, 2.24) is 10.3 Å². The Morgan fingerprint density at radius 2 is 1.79 bits per heavy atom. The zero-order valence-corrected chi connectivity index (χ0v) is 13.7. The van der Waals surface area contributed by atoms with Gasteiger partial charge in [-0.25, -0.2) is 0 Å². The van der Waals surface area contributed by atoms with E-state index in [1.54, 1.807) is 0 Å². The van der Waals surface area contributed by atoms with Gasteiger partial charge in [0, 0.05) is 23.6 Å². The number of amides is 1. The molecule has 0 spiro atoms. The predicted molar refractivity (Wildman–Crippen MR) is 97.8 cm³/mol. The molecular formula is C20H23N3O. The summed E-state index contributed by atoms with van der Waals surface area (Å²) in [4.78, 5) is 15.4. The highest BCUT2D eigenvalue weighted by Crippen LogP contribution is 2.17. The summed E-state index contributed by atoms with van der Waals surface area (Å²) in [6.45, 7) is 0.597. The molecule has 4 N–H and O–H groups in total. The van der Waals surface area contributed by atoms with Crippen molar-refractivity contribution < 1.29 is 4.79 Å². The normalized spacial score (nSPS) is 12.2. The minimum absolute atomic E-state index is 0.0780. The van der Waals surface area contributed by atoms with Gasteiger partial charge in [-0.1, -0.05) is 48.5 Å². The maximum Gasteiger partial charge on any atom is 0.236 e. The zero-order valence-electron chi connectivity index (χ0n) is 13.7. The standard InChI is InChI=1S/C20H23N3O/c21-18(11-10-15-6-2-1-3-7-15)20(24)22-13-12-16-14-23-19-9-5-4-8-17(16)19/h1-9,14,18,23H,10-13,21H2,(H,22,24). The summed E-state index contributed by atoms with van der Waals surface area (Å²) in [5.41, 5.74) is 9.54. The highest BCUT2D eigenvalue weighted by Gasteiger charge is 2.13. The average Bonchev–Trinajstić information content (AvgIpc) is 3.04. The van der Waals surface area contributed by atoms with Crippen LogP contribution in [-0.2, 0) is 17.6 Å². The first-order valence-electron chi connectivity index (χ1n) is 8.36. The molecule has 3 aromatic rings. The van der Waals surface area contributed by atoms with Gasteiger partial charge in [-0.3, -0.25) is 4.79 Å². The summed E-state index contributed by atoms with van der Waals surface area (Å²) < 4.78 is 0. The Bertz CT molecular complexity index is 795. The number of hydrogen-bond donors (Lipinski definition) is 3. The highest BCUT2D eigenvalue weighted by atomic mass is 16.2. The van der Waals surface area contributed by atoms with Crippen LogP contribution in [0.5, 0.6) is 0 Å². The summed E-state index contributed by atoms with van der Waals surface area (Å²) in [7, 11) is 0. The molecule has 0 saturated carbocycles. The van der Waals surface area contributed by atoms with Gasteiger partial charge in [-0.05, 0) is 36.5 Å². The molecule has 0 saturated heterocycles. The minimum Gasteiger partial charge on any atom is -0.361 e. The van der Waals surface area contributed by atoms with E-state index < -0.39 is 6.04 Å². The second-order valence-electron chi connectivity index (χ2n) is 6.03. The Labute approximate surface area is 142 Å². The Hall–Kier alpha value is -2.59. The number of aromatic nitrogens is 1. The number of para-hydroxylation sites is 1. The molecule has 0 aliphatic rings. The molecule has 1 atom stereocenters. The predicted octanol–water partition coefficient (Wildman–Crippen LogP) is 2.79. The number of fused-ring (bicyclic) bond motifs is 1. The van der Waals surface area contributed by atoms with Gasteiger partial charge < -0.3 is 16.0 Å². The smallest absolute Gasteiger partial charge is 0.236 e. The zero-order chi connectivity index (χ0) is 16.8. The van der Waals surface area contributed by atoms with Crippen molar-refractivity contribution in [3.05, 3.63) is 71.9 Å². The van der Waals surface area contributed by atoms with E-state index in [4.69, 9.17) is 5.73 Å². The van der Waals surface area contributed by atoms with E-state index in [1.165, 1.54) is 16.5 Å². The number of nitrogens with two attached hydrogens (primary N) is 1. The average molecular weight is 321 g/mol. The van der Waals surface area contributed by atoms with Gasteiger partial charge in [0.25, 0.3) is 0 Å². The van der Waals surface area contributed by atoms with Crippen LogP contribution in [0.3, 0.4) is 0 Å². The summed E-state index contributed by atoms with van der Waals surface area (Å²) >= 11 is 0. The van der Waals surface area contributed by atoms with Crippen LogP contribution < -0.4 is 11.1 Å². The van der Waals surface area contributed by atoms with E-state index in [1.807, 2.05) is 36.5 Å². The van der Waals surface area contributed by atoms with Crippen molar-refractivity contribution >= 4 is 16.8 Å². The molecule has 1 aromatic heterocycles. The molecule has 0 bridgehead atoms. The second kappa shape index (κ2) is 7.79. The lowest BCUT2D eigenvalue weighted by Crippen LogP contribution is -2.41. The van der Waals surface area contributed by atoms with E-state index in [2.05, 4.69) is 34.6 Å². The number of carbonyl (C=O) groups is 1. The van der Waals surface area contributed by atoms with E-state index in [0.717, 1.165) is 18.4 Å². The Morgan fingerprint density at radius 3 is 2.62 bits per heavy atom. The fourth-order valence-electron chi connectivity index (χ4n) is 2.89. The van der Waals surface area contributed by atoms with Gasteiger partial charge >= 0.3 is 0 Å². The summed E-state index contributed by atoms with van der Waals surface area (Å²) in [5, 5.41) is 4.15. The molecule has 0 aliphatic heterocycles. The van der Waals surface area contributed by atoms with Crippen LogP contribution in [0.25, 0.3) is 10.9 Å². The number of aromatic amines is 1. The van der Waals surface area contributed by atoms with E-state index in [9.17, 15) is 4.79 Å². The molecule has 2 aromatic carbocycles. The van der Waals surface area contributed by atoms with Crippen LogP contribution >= 0.6 is 0 Å². The largest absolute Gasteiger partial charge is 0.361 e. The van der Waals surface area contributed by atoms with Gasteiger partial charge in [0.1, 0.15) is 0 Å². The van der Waals surface area contributed by atoms with Crippen LogP contribution in [0.1, 0.15) is 17.5 Å². The van der Waals surface area contributed by atoms with Gasteiger partial charge in [0.05, 0.1) is 6.04 Å². The first-order chi connectivity index (χ1) is 11.7. The number of hydrogen-bond acceptors (Lipinski definition) is 2. The summed E-state index contributed by atoms with van der Waals surface area (Å²) in [6, 6.07) is 17.8. The number of nitrogens with one attached hydrogen (secondary N) is 2. The van der Waals surface area contributed by atoms with Crippen molar-refractivity contribution in [2.75, 3.05) is 6.54 Å². The number of H-pyrrole nitrogens is 1. The third kappa shape index (κ3) is 4.03. The molecule has 1 heterocycles. The number of benzene rings is 2. The molecule has 4 heteroatoms. The van der Waals surface area contributed by atoms with Crippen molar-refractivity contribution in [1.29, 1.82) is 0 Å². The van der Waals surface area contributed by atoms with Crippen molar-refractivity contribution in [2.24, 2.45) is 5.73 Å². The lowest BCUT2D eigenvalue weighted by molar-refractivity contribution is -0.122. The van der Waals surface area contributed by atoms with Gasteiger partial charge in [-0.2, -0.15) is 0 Å². The van der Waals surface area contributed by atoms with Crippen molar-refractivity contribution in [2.45, 2.75) is 25.3 Å². The van der Waals surface area contributed by atoms with Crippen LogP contribution in [0.2, 0.25) is 0 Å². The number of rotatable bonds is 7. The maximum atomic E-state index is 12.1. The van der Waals surface area contributed by atoms with Crippen molar-refractivity contribution in [3.8, 4) is 0 Å². The Balaban J connectivity index is 1.45. The van der Waals surface area contributed by atoms with E-state index in [0.29, 0.717) is 13.0 Å². The van der Waals surface area contributed by atoms with Crippen LogP contribution in [0.4, 0.5) is 0 Å². The van der Waals surface area contributed by atoms with Gasteiger partial charge in [0.2, 0.25) is 5.91 Å².